The van der Waals surface area contributed by atoms with Crippen LogP contribution in [-0.2, 0) is 0 Å². The van der Waals surface area contributed by atoms with Gasteiger partial charge in [0.25, 0.3) is 0 Å². The molecule has 7 aromatic carbocycles. The monoisotopic (exact) mass is 2090 g/mol. The van der Waals surface area contributed by atoms with Crippen LogP contribution in [-0.4, -0.2) is 0 Å². The highest BCUT2D eigenvalue weighted by atomic mass is 14.3. The fourth-order valence-electron chi connectivity index (χ4n) is 11.2. The molecule has 148 heavy (non-hydrogen) atoms. The molecule has 0 heterocycles. The molecule has 0 saturated heterocycles. The lowest BCUT2D eigenvalue weighted by molar-refractivity contribution is 0.171. The predicted octanol–water partition coefficient (Wildman–Crippen LogP) is 60.2. The maximum Gasteiger partial charge on any atom is -0.0184 e. The third-order valence-corrected chi connectivity index (χ3v) is 16.0. The van der Waals surface area contributed by atoms with Crippen LogP contribution in [0.25, 0.3) is 10.8 Å². The van der Waals surface area contributed by atoms with Gasteiger partial charge in [-0.3, -0.25) is 0 Å². The Morgan fingerprint density at radius 2 is 0.162 bits per heavy atom. The van der Waals surface area contributed by atoms with Crippen LogP contribution >= 0.6 is 0 Å². The molecule has 0 N–H and O–H groups in total. The van der Waals surface area contributed by atoms with E-state index in [0.29, 0.717) is 0 Å². The van der Waals surface area contributed by atoms with Gasteiger partial charge in [0.15, 0.2) is 0 Å². The number of hydrogen-bond acceptors (Lipinski definition) is 0. The lowest BCUT2D eigenvalue weighted by Gasteiger charge is -2.35. The summed E-state index contributed by atoms with van der Waals surface area (Å²) < 4.78 is 0. The minimum Gasteiger partial charge on any atom is -0.0776 e. The van der Waals surface area contributed by atoms with Crippen molar-refractivity contribution >= 4 is 10.8 Å². The minimum absolute atomic E-state index is 0. The van der Waals surface area contributed by atoms with Crippen LogP contribution in [0.3, 0.4) is 0 Å². The smallest absolute Gasteiger partial charge is 0.0184 e. The van der Waals surface area contributed by atoms with Gasteiger partial charge in [-0.05, 0) is 22.6 Å². The van der Waals surface area contributed by atoms with E-state index in [0.717, 1.165) is 11.8 Å². The average molecular weight is 2090 g/mol. The summed E-state index contributed by atoms with van der Waals surface area (Å²) in [6, 6.07) is 76.7. The zero-order valence-corrected chi connectivity index (χ0v) is 104. The SMILES string of the molecule is C.C.C.C.C.C.C.C.C.C.C1CCC2CCCCC2C1.C1CCCCC1.C1CCCCC1.C1CCCCC1.C1CCCCC1.C1CCCCC1.CC.CC.CCC.CCC.CCC.CCC.CCC.CCC.CCC.CCC.CCC.CCC.CCC.CCC.CCC.CCC.CCC.CCC.CCC.CCC.c1ccc2ccccc2c1.c1ccccc1.c1ccccc1.c1ccccc1.c1ccccc1.c1ccccc1. The lowest BCUT2D eigenvalue weighted by atomic mass is 9.71. The summed E-state index contributed by atoms with van der Waals surface area (Å²) in [5, 5.41) is 2.62. The summed E-state index contributed by atoms with van der Waals surface area (Å²) in [7, 11) is 0. The molecule has 0 aromatic heterocycles. The fraction of sp³-hybridized carbons (Fsp3) is 0.730. The first-order valence-electron chi connectivity index (χ1n) is 60.8. The van der Waals surface area contributed by atoms with Gasteiger partial charge in [-0.25, -0.2) is 0 Å². The molecule has 904 valence electrons. The first kappa shape index (κ1) is 218. The van der Waals surface area contributed by atoms with E-state index in [9.17, 15) is 0 Å². The maximum atomic E-state index is 2.12. The van der Waals surface area contributed by atoms with E-state index in [1.165, 1.54) is 345 Å². The molecule has 7 fully saturated rings. The molecule has 7 saturated carbocycles. The molecule has 7 aromatic rings. The Morgan fingerprint density at radius 3 is 0.216 bits per heavy atom. The van der Waals surface area contributed by atoms with E-state index in [1.807, 2.05) is 210 Å². The number of fused-ring (bicyclic) bond motifs is 2. The topological polar surface area (TPSA) is 0 Å². The standard InChI is InChI=1S/C10H18.C10H8.5C6H12.5C6H6.18C3H8.2C2H6.10CH4/c2*1-2-6-10-8-4-3-7-9(10)5-1;10*1-2-4-6-5-3-1;18*1-3-2;2*1-2;;;;;;;;;;/h9-10H,1-8H2;1-8H;5*1-6H2;5*1-6H;18*3H2,1-2H3;2*1-2H3;10*1H4. The van der Waals surface area contributed by atoms with Crippen molar-refractivity contribution in [3.05, 3.63) is 231 Å². The molecule has 0 unspecified atom stereocenters. The maximum absolute atomic E-state index is 2.12. The highest BCUT2D eigenvalue weighted by Crippen LogP contribution is 2.40. The van der Waals surface area contributed by atoms with Gasteiger partial charge in [-0.15, -0.1) is 0 Å². The van der Waals surface area contributed by atoms with Gasteiger partial charge in [-0.1, -0.05) is 941 Å². The number of hydrogen-bond donors (Lipinski definition) is 0. The van der Waals surface area contributed by atoms with Gasteiger partial charge >= 0.3 is 0 Å². The van der Waals surface area contributed by atoms with Crippen LogP contribution in [0, 0.1) is 11.8 Å². The Kier molecular flexibility index (Phi) is 407. The van der Waals surface area contributed by atoms with Crippen molar-refractivity contribution in [3.8, 4) is 0 Å². The normalized spacial score (nSPS) is 12.2. The highest BCUT2D eigenvalue weighted by Gasteiger charge is 2.27. The van der Waals surface area contributed by atoms with Crippen molar-refractivity contribution in [2.45, 2.75) is 711 Å². The Hall–Kier alpha value is -5.20. The molecule has 14 rings (SSSR count). The summed E-state index contributed by atoms with van der Waals surface area (Å²) in [6.45, 7) is 84.5. The van der Waals surface area contributed by atoms with Crippen LogP contribution in [0.2, 0.25) is 0 Å². The van der Waals surface area contributed by atoms with E-state index in [1.54, 1.807) is 25.7 Å². The Bertz CT molecular complexity index is 1840. The van der Waals surface area contributed by atoms with E-state index in [4.69, 9.17) is 0 Å². The third kappa shape index (κ3) is 334. The summed E-state index contributed by atoms with van der Waals surface area (Å²) >= 11 is 0. The molecular formula is C148H312. The summed E-state index contributed by atoms with van der Waals surface area (Å²) in [5.74, 6) is 2.31. The first-order chi connectivity index (χ1) is 67.4. The van der Waals surface area contributed by atoms with Crippen molar-refractivity contribution in [2.75, 3.05) is 0 Å². The van der Waals surface area contributed by atoms with E-state index < -0.39 is 0 Å². The van der Waals surface area contributed by atoms with Crippen molar-refractivity contribution in [2.24, 2.45) is 11.8 Å². The molecule has 0 heteroatoms. The molecule has 0 bridgehead atoms. The zero-order chi connectivity index (χ0) is 109. The van der Waals surface area contributed by atoms with E-state index in [-0.39, 0.29) is 74.3 Å². The van der Waals surface area contributed by atoms with Gasteiger partial charge in [-0.2, -0.15) is 0 Å². The van der Waals surface area contributed by atoms with Crippen molar-refractivity contribution in [1.82, 2.24) is 0 Å². The summed E-state index contributed by atoms with van der Waals surface area (Å²) in [4.78, 5) is 0. The molecular weight excluding hydrogens is 1780 g/mol. The second kappa shape index (κ2) is 277. The molecule has 7 aliphatic carbocycles. The fourth-order valence-corrected chi connectivity index (χ4v) is 11.2. The number of rotatable bonds is 0. The van der Waals surface area contributed by atoms with Crippen LogP contribution in [0.1, 0.15) is 711 Å². The Morgan fingerprint density at radius 1 is 0.108 bits per heavy atom. The molecule has 0 nitrogen and oxygen atoms in total. The Balaban J connectivity index is -0.0000000390. The van der Waals surface area contributed by atoms with Gasteiger partial charge < -0.3 is 0 Å². The molecule has 0 spiro atoms. The summed E-state index contributed by atoms with van der Waals surface area (Å²) in [5.41, 5.74) is 0. The molecule has 0 aliphatic heterocycles. The van der Waals surface area contributed by atoms with Gasteiger partial charge in [0.1, 0.15) is 0 Å². The third-order valence-electron chi connectivity index (χ3n) is 16.0. The zero-order valence-electron chi connectivity index (χ0n) is 104. The predicted molar refractivity (Wildman–Crippen MR) is 736 cm³/mol. The van der Waals surface area contributed by atoms with E-state index in [2.05, 4.69) is 298 Å². The van der Waals surface area contributed by atoms with Crippen LogP contribution in [0.5, 0.6) is 0 Å². The lowest BCUT2D eigenvalue weighted by Crippen LogP contribution is -2.22. The first-order valence-corrected chi connectivity index (χ1v) is 60.8. The van der Waals surface area contributed by atoms with Crippen molar-refractivity contribution in [1.29, 1.82) is 0 Å². The van der Waals surface area contributed by atoms with Crippen molar-refractivity contribution < 1.29 is 0 Å². The highest BCUT2D eigenvalue weighted by molar-refractivity contribution is 5.82. The van der Waals surface area contributed by atoms with Crippen molar-refractivity contribution in [3.63, 3.8) is 0 Å². The quantitative estimate of drug-likeness (QED) is 0.142. The number of benzene rings is 7. The Labute approximate surface area is 957 Å². The van der Waals surface area contributed by atoms with Crippen LogP contribution in [0.15, 0.2) is 231 Å². The van der Waals surface area contributed by atoms with Crippen LogP contribution in [0.4, 0.5) is 0 Å². The second-order valence-electron chi connectivity index (χ2n) is 35.5. The van der Waals surface area contributed by atoms with Gasteiger partial charge in [0.05, 0.1) is 0 Å². The van der Waals surface area contributed by atoms with Crippen LogP contribution < -0.4 is 0 Å². The molecule has 0 radical (unpaired) electrons. The largest absolute Gasteiger partial charge is 0.0776 e. The average Bonchev–Trinajstić information content (AvgIpc) is 0.877. The minimum atomic E-state index is 0. The second-order valence-corrected chi connectivity index (χ2v) is 35.5. The molecule has 0 atom stereocenters. The summed E-state index contributed by atoms with van der Waals surface area (Å²) in [6.07, 6.45) is 79.9. The molecule has 7 aliphatic rings. The van der Waals surface area contributed by atoms with Gasteiger partial charge in [0.2, 0.25) is 0 Å². The molecule has 0 amide bonds. The van der Waals surface area contributed by atoms with E-state index >= 15 is 0 Å². The van der Waals surface area contributed by atoms with Gasteiger partial charge in [0, 0.05) is 0 Å².